The van der Waals surface area contributed by atoms with E-state index in [9.17, 15) is 9.18 Å². The number of hydrogen-bond acceptors (Lipinski definition) is 1. The molecule has 0 fully saturated rings. The average Bonchev–Trinajstić information content (AvgIpc) is 2.37. The third-order valence-electron chi connectivity index (χ3n) is 2.48. The van der Waals surface area contributed by atoms with Crippen LogP contribution in [0.3, 0.4) is 0 Å². The zero-order valence-corrected chi connectivity index (χ0v) is 13.0. The fourth-order valence-electron chi connectivity index (χ4n) is 1.57. The van der Waals surface area contributed by atoms with E-state index < -0.39 is 0 Å². The Morgan fingerprint density at radius 2 is 1.79 bits per heavy atom. The van der Waals surface area contributed by atoms with Crippen molar-refractivity contribution in [2.45, 2.75) is 6.42 Å². The first-order valence-electron chi connectivity index (χ1n) is 5.54. The fourth-order valence-corrected chi connectivity index (χ4v) is 2.21. The normalized spacial score (nSPS) is 10.3. The third-order valence-corrected chi connectivity index (χ3v) is 3.62. The van der Waals surface area contributed by atoms with E-state index in [4.69, 9.17) is 0 Å². The Hall–Kier alpha value is -1.20. The van der Waals surface area contributed by atoms with Gasteiger partial charge in [-0.3, -0.25) is 4.79 Å². The summed E-state index contributed by atoms with van der Waals surface area (Å²) in [6, 6.07) is 11.9. The first kappa shape index (κ1) is 14.2. The molecule has 2 nitrogen and oxygen atoms in total. The maximum atomic E-state index is 13.1. The Morgan fingerprint density at radius 3 is 2.42 bits per heavy atom. The van der Waals surface area contributed by atoms with Crippen LogP contribution < -0.4 is 5.32 Å². The van der Waals surface area contributed by atoms with Crippen LogP contribution in [0.2, 0.25) is 0 Å². The van der Waals surface area contributed by atoms with Gasteiger partial charge in [-0.05, 0) is 51.8 Å². The molecular weight excluding hydrogens is 377 g/mol. The lowest BCUT2D eigenvalue weighted by atomic mass is 10.1. The Balaban J connectivity index is 2.01. The van der Waals surface area contributed by atoms with Crippen LogP contribution in [0.25, 0.3) is 0 Å². The quantitative estimate of drug-likeness (QED) is 0.824. The third kappa shape index (κ3) is 4.14. The van der Waals surface area contributed by atoms with Crippen molar-refractivity contribution in [2.24, 2.45) is 0 Å². The Morgan fingerprint density at radius 1 is 1.11 bits per heavy atom. The number of nitrogens with one attached hydrogen (secondary N) is 1. The van der Waals surface area contributed by atoms with Crippen molar-refractivity contribution in [1.29, 1.82) is 0 Å². The van der Waals surface area contributed by atoms with Crippen molar-refractivity contribution in [2.75, 3.05) is 5.32 Å². The smallest absolute Gasteiger partial charge is 0.228 e. The summed E-state index contributed by atoms with van der Waals surface area (Å²) in [6.45, 7) is 0. The van der Waals surface area contributed by atoms with Crippen molar-refractivity contribution in [3.05, 3.63) is 62.8 Å². The predicted molar refractivity (Wildman–Crippen MR) is 80.6 cm³/mol. The summed E-state index contributed by atoms with van der Waals surface area (Å²) in [4.78, 5) is 11.8. The second-order valence-electron chi connectivity index (χ2n) is 3.98. The van der Waals surface area contributed by atoms with Gasteiger partial charge in [0.25, 0.3) is 0 Å². The van der Waals surface area contributed by atoms with Gasteiger partial charge in [-0.1, -0.05) is 28.1 Å². The molecule has 5 heteroatoms. The van der Waals surface area contributed by atoms with Crippen molar-refractivity contribution in [3.63, 3.8) is 0 Å². The van der Waals surface area contributed by atoms with E-state index in [1.165, 1.54) is 18.2 Å². The molecule has 0 heterocycles. The van der Waals surface area contributed by atoms with Crippen LogP contribution in [-0.4, -0.2) is 5.91 Å². The van der Waals surface area contributed by atoms with Gasteiger partial charge in [0.1, 0.15) is 5.82 Å². The van der Waals surface area contributed by atoms with Crippen molar-refractivity contribution in [1.82, 2.24) is 0 Å². The lowest BCUT2D eigenvalue weighted by Crippen LogP contribution is -2.14. The molecule has 0 aromatic heterocycles. The van der Waals surface area contributed by atoms with E-state index in [1.807, 2.05) is 24.3 Å². The van der Waals surface area contributed by atoms with E-state index in [0.717, 1.165) is 10.0 Å². The molecule has 0 bridgehead atoms. The maximum Gasteiger partial charge on any atom is 0.228 e. The number of benzene rings is 2. The first-order chi connectivity index (χ1) is 9.04. The van der Waals surface area contributed by atoms with Crippen LogP contribution in [-0.2, 0) is 11.2 Å². The first-order valence-corrected chi connectivity index (χ1v) is 7.12. The Kier molecular flexibility index (Phi) is 4.71. The molecule has 0 saturated heterocycles. The standard InChI is InChI=1S/C14H10Br2FNO/c15-10-3-1-9(2-4-10)7-14(19)18-11-5-6-13(17)12(16)8-11/h1-6,8H,7H2,(H,18,19). The van der Waals surface area contributed by atoms with Gasteiger partial charge in [-0.2, -0.15) is 0 Å². The van der Waals surface area contributed by atoms with E-state index in [2.05, 4.69) is 37.2 Å². The fraction of sp³-hybridized carbons (Fsp3) is 0.0714. The number of rotatable bonds is 3. The highest BCUT2D eigenvalue weighted by molar-refractivity contribution is 9.10. The van der Waals surface area contributed by atoms with E-state index in [0.29, 0.717) is 10.2 Å². The van der Waals surface area contributed by atoms with Crippen LogP contribution >= 0.6 is 31.9 Å². The highest BCUT2D eigenvalue weighted by Gasteiger charge is 2.06. The number of carbonyl (C=O) groups excluding carboxylic acids is 1. The zero-order chi connectivity index (χ0) is 13.8. The molecule has 0 radical (unpaired) electrons. The highest BCUT2D eigenvalue weighted by Crippen LogP contribution is 2.20. The largest absolute Gasteiger partial charge is 0.326 e. The minimum Gasteiger partial charge on any atom is -0.326 e. The summed E-state index contributed by atoms with van der Waals surface area (Å²) in [5, 5.41) is 2.73. The van der Waals surface area contributed by atoms with Crippen LogP contribution in [0, 0.1) is 5.82 Å². The minimum atomic E-state index is -0.356. The molecule has 0 unspecified atom stereocenters. The lowest BCUT2D eigenvalue weighted by molar-refractivity contribution is -0.115. The molecule has 0 atom stereocenters. The van der Waals surface area contributed by atoms with Gasteiger partial charge in [0.2, 0.25) is 5.91 Å². The molecule has 0 aliphatic carbocycles. The summed E-state index contributed by atoms with van der Waals surface area (Å²) >= 11 is 6.42. The van der Waals surface area contributed by atoms with Crippen LogP contribution in [0.15, 0.2) is 51.4 Å². The molecule has 0 aliphatic heterocycles. The molecule has 0 saturated carbocycles. The summed E-state index contributed by atoms with van der Waals surface area (Å²) in [7, 11) is 0. The van der Waals surface area contributed by atoms with Crippen molar-refractivity contribution in [3.8, 4) is 0 Å². The molecule has 1 amide bonds. The van der Waals surface area contributed by atoms with Crippen LogP contribution in [0.4, 0.5) is 10.1 Å². The monoisotopic (exact) mass is 385 g/mol. The van der Waals surface area contributed by atoms with Gasteiger partial charge in [0.05, 0.1) is 10.9 Å². The number of carbonyl (C=O) groups is 1. The molecule has 2 aromatic rings. The number of hydrogen-bond donors (Lipinski definition) is 1. The summed E-state index contributed by atoms with van der Waals surface area (Å²) in [5.74, 6) is -0.494. The van der Waals surface area contributed by atoms with Crippen molar-refractivity contribution < 1.29 is 9.18 Å². The minimum absolute atomic E-state index is 0.138. The number of anilines is 1. The SMILES string of the molecule is O=C(Cc1ccc(Br)cc1)Nc1ccc(F)c(Br)c1. The van der Waals surface area contributed by atoms with Gasteiger partial charge >= 0.3 is 0 Å². The lowest BCUT2D eigenvalue weighted by Gasteiger charge is -2.06. The van der Waals surface area contributed by atoms with Crippen LogP contribution in [0.1, 0.15) is 5.56 Å². The summed E-state index contributed by atoms with van der Waals surface area (Å²) < 4.78 is 14.4. The Bertz CT molecular complexity index is 599. The van der Waals surface area contributed by atoms with E-state index in [1.54, 1.807) is 0 Å². The van der Waals surface area contributed by atoms with Gasteiger partial charge in [-0.15, -0.1) is 0 Å². The second-order valence-corrected chi connectivity index (χ2v) is 5.75. The average molecular weight is 387 g/mol. The topological polar surface area (TPSA) is 29.1 Å². The van der Waals surface area contributed by atoms with Gasteiger partial charge in [0, 0.05) is 10.2 Å². The molecule has 1 N–H and O–H groups in total. The molecular formula is C14H10Br2FNO. The summed E-state index contributed by atoms with van der Waals surface area (Å²) in [6.07, 6.45) is 0.280. The van der Waals surface area contributed by atoms with E-state index >= 15 is 0 Å². The highest BCUT2D eigenvalue weighted by atomic mass is 79.9. The van der Waals surface area contributed by atoms with Crippen LogP contribution in [0.5, 0.6) is 0 Å². The van der Waals surface area contributed by atoms with Gasteiger partial charge in [0.15, 0.2) is 0 Å². The molecule has 98 valence electrons. The number of halogens is 3. The molecule has 2 rings (SSSR count). The Labute approximate surface area is 127 Å². The number of amides is 1. The molecule has 0 spiro atoms. The van der Waals surface area contributed by atoms with Crippen molar-refractivity contribution >= 4 is 43.5 Å². The predicted octanol–water partition coefficient (Wildman–Crippen LogP) is 4.53. The maximum absolute atomic E-state index is 13.1. The zero-order valence-electron chi connectivity index (χ0n) is 9.79. The van der Waals surface area contributed by atoms with E-state index in [-0.39, 0.29) is 18.1 Å². The molecule has 2 aromatic carbocycles. The molecule has 0 aliphatic rings. The van der Waals surface area contributed by atoms with Gasteiger partial charge in [-0.25, -0.2) is 4.39 Å². The second kappa shape index (κ2) is 6.30. The molecule has 19 heavy (non-hydrogen) atoms. The van der Waals surface area contributed by atoms with Gasteiger partial charge < -0.3 is 5.32 Å². The summed E-state index contributed by atoms with van der Waals surface area (Å²) in [5.41, 5.74) is 1.48.